The van der Waals surface area contributed by atoms with Crippen LogP contribution in [0.5, 0.6) is 0 Å². The van der Waals surface area contributed by atoms with Crippen LogP contribution in [-0.2, 0) is 15.9 Å². The summed E-state index contributed by atoms with van der Waals surface area (Å²) in [7, 11) is -3.33. The molecule has 2 fully saturated rings. The summed E-state index contributed by atoms with van der Waals surface area (Å²) < 4.78 is 26.6. The third-order valence-electron chi connectivity index (χ3n) is 4.19. The minimum Gasteiger partial charge on any atom is -0.363 e. The molecule has 1 aliphatic carbocycles. The van der Waals surface area contributed by atoms with E-state index in [1.54, 1.807) is 16.6 Å². The highest BCUT2D eigenvalue weighted by Crippen LogP contribution is 2.39. The van der Waals surface area contributed by atoms with E-state index in [9.17, 15) is 8.42 Å². The number of rotatable bonds is 3. The van der Waals surface area contributed by atoms with Crippen molar-refractivity contribution in [3.63, 3.8) is 0 Å². The van der Waals surface area contributed by atoms with Gasteiger partial charge >= 0.3 is 0 Å². The lowest BCUT2D eigenvalue weighted by Gasteiger charge is -2.16. The van der Waals surface area contributed by atoms with Crippen molar-refractivity contribution in [2.75, 3.05) is 13.1 Å². The molecule has 2 aliphatic rings. The van der Waals surface area contributed by atoms with E-state index in [0.29, 0.717) is 35.7 Å². The molecular weight excluding hydrogens is 272 g/mol. The van der Waals surface area contributed by atoms with Crippen molar-refractivity contribution >= 4 is 21.6 Å². The maximum Gasteiger partial charge on any atom is 0.244 e. The van der Waals surface area contributed by atoms with Crippen LogP contribution >= 0.6 is 11.6 Å². The normalized spacial score (nSPS) is 28.7. The van der Waals surface area contributed by atoms with E-state index >= 15 is 0 Å². The summed E-state index contributed by atoms with van der Waals surface area (Å²) in [6, 6.07) is 1.64. The van der Waals surface area contributed by atoms with Crippen LogP contribution in [0.15, 0.2) is 17.2 Å². The predicted molar refractivity (Wildman–Crippen MR) is 69.9 cm³/mol. The molecule has 1 N–H and O–H groups in total. The number of hydrogen-bond donors (Lipinski definition) is 1. The monoisotopic (exact) mass is 288 g/mol. The summed E-state index contributed by atoms with van der Waals surface area (Å²) in [5.41, 5.74) is 0.745. The van der Waals surface area contributed by atoms with Crippen molar-refractivity contribution in [3.05, 3.63) is 18.0 Å². The van der Waals surface area contributed by atoms with Crippen LogP contribution in [-0.4, -0.2) is 30.8 Å². The number of sulfonamides is 1. The fraction of sp³-hybridized carbons (Fsp3) is 0.667. The molecule has 0 aromatic carbocycles. The van der Waals surface area contributed by atoms with Gasteiger partial charge in [0.15, 0.2) is 0 Å². The molecule has 1 saturated heterocycles. The highest BCUT2D eigenvalue weighted by molar-refractivity contribution is 7.89. The Bertz CT molecular complexity index is 528. The summed E-state index contributed by atoms with van der Waals surface area (Å²) >= 11 is 5.69. The molecule has 100 valence electrons. The third kappa shape index (κ3) is 1.98. The number of alkyl halides is 1. The van der Waals surface area contributed by atoms with Crippen LogP contribution in [0.1, 0.15) is 25.0 Å². The number of aromatic amines is 1. The number of halogens is 1. The van der Waals surface area contributed by atoms with Crippen LogP contribution in [0, 0.1) is 11.8 Å². The van der Waals surface area contributed by atoms with Gasteiger partial charge in [-0.1, -0.05) is 6.42 Å². The maximum atomic E-state index is 12.5. The van der Waals surface area contributed by atoms with Crippen molar-refractivity contribution in [2.45, 2.75) is 30.0 Å². The van der Waals surface area contributed by atoms with E-state index < -0.39 is 10.0 Å². The summed E-state index contributed by atoms with van der Waals surface area (Å²) in [5.74, 6) is 1.46. The van der Waals surface area contributed by atoms with Crippen LogP contribution in [0.2, 0.25) is 0 Å². The van der Waals surface area contributed by atoms with Crippen LogP contribution < -0.4 is 0 Å². The standard InChI is InChI=1S/C12H17ClN2O2S/c13-5-11-4-12(6-14-11)18(16,17)15-7-9-2-1-3-10(9)8-15/h4,6,9-10,14H,1-3,5,7-8H2. The highest BCUT2D eigenvalue weighted by atomic mass is 35.5. The first-order valence-electron chi connectivity index (χ1n) is 6.34. The number of H-pyrrole nitrogens is 1. The highest BCUT2D eigenvalue weighted by Gasteiger charge is 2.41. The molecule has 2 atom stereocenters. The zero-order chi connectivity index (χ0) is 12.8. The predicted octanol–water partition coefficient (Wildman–Crippen LogP) is 2.17. The first-order valence-corrected chi connectivity index (χ1v) is 8.32. The van der Waals surface area contributed by atoms with Gasteiger partial charge in [0.1, 0.15) is 0 Å². The Morgan fingerprint density at radius 3 is 2.56 bits per heavy atom. The third-order valence-corrected chi connectivity index (χ3v) is 6.29. The van der Waals surface area contributed by atoms with Gasteiger partial charge in [0, 0.05) is 25.0 Å². The van der Waals surface area contributed by atoms with Crippen LogP contribution in [0.3, 0.4) is 0 Å². The van der Waals surface area contributed by atoms with Crippen molar-refractivity contribution in [1.82, 2.24) is 9.29 Å². The van der Waals surface area contributed by atoms with Gasteiger partial charge in [0.2, 0.25) is 10.0 Å². The first kappa shape index (κ1) is 12.5. The van der Waals surface area contributed by atoms with E-state index in [1.807, 2.05) is 0 Å². The Labute approximate surface area is 112 Å². The number of fused-ring (bicyclic) bond motifs is 1. The topological polar surface area (TPSA) is 53.2 Å². The largest absolute Gasteiger partial charge is 0.363 e. The minimum atomic E-state index is -3.33. The number of aromatic nitrogens is 1. The second kappa shape index (κ2) is 4.54. The number of nitrogens with one attached hydrogen (secondary N) is 1. The van der Waals surface area contributed by atoms with Crippen LogP contribution in [0.25, 0.3) is 0 Å². The molecule has 0 spiro atoms. The fourth-order valence-corrected chi connectivity index (χ4v) is 4.91. The Morgan fingerprint density at radius 1 is 1.33 bits per heavy atom. The van der Waals surface area contributed by atoms with E-state index in [0.717, 1.165) is 5.69 Å². The quantitative estimate of drug-likeness (QED) is 0.867. The first-order chi connectivity index (χ1) is 8.61. The second-order valence-corrected chi connectivity index (χ2v) is 7.47. The summed E-state index contributed by atoms with van der Waals surface area (Å²) in [5, 5.41) is 0. The van der Waals surface area contributed by atoms with Gasteiger partial charge in [-0.3, -0.25) is 0 Å². The molecule has 18 heavy (non-hydrogen) atoms. The Morgan fingerprint density at radius 2 is 2.00 bits per heavy atom. The molecule has 6 heteroatoms. The van der Waals surface area contributed by atoms with Gasteiger partial charge < -0.3 is 4.98 Å². The van der Waals surface area contributed by atoms with E-state index in [1.165, 1.54) is 19.3 Å². The van der Waals surface area contributed by atoms with Gasteiger partial charge in [-0.15, -0.1) is 11.6 Å². The summed E-state index contributed by atoms with van der Waals surface area (Å²) in [6.45, 7) is 1.38. The molecule has 2 unspecified atom stereocenters. The Kier molecular flexibility index (Phi) is 3.16. The zero-order valence-electron chi connectivity index (χ0n) is 10.1. The molecule has 0 bridgehead atoms. The van der Waals surface area contributed by atoms with Gasteiger partial charge in [-0.05, 0) is 30.7 Å². The minimum absolute atomic E-state index is 0.306. The molecule has 0 radical (unpaired) electrons. The molecule has 2 heterocycles. The molecule has 0 amide bonds. The Hall–Kier alpha value is -0.520. The fourth-order valence-electron chi connectivity index (χ4n) is 3.18. The van der Waals surface area contributed by atoms with Crippen molar-refractivity contribution in [1.29, 1.82) is 0 Å². The van der Waals surface area contributed by atoms with Crippen molar-refractivity contribution in [3.8, 4) is 0 Å². The lowest BCUT2D eigenvalue weighted by atomic mass is 10.0. The second-order valence-electron chi connectivity index (χ2n) is 5.27. The average Bonchev–Trinajstić information content (AvgIpc) is 3.03. The lowest BCUT2D eigenvalue weighted by Crippen LogP contribution is -2.29. The zero-order valence-corrected chi connectivity index (χ0v) is 11.7. The average molecular weight is 289 g/mol. The van der Waals surface area contributed by atoms with E-state index in [2.05, 4.69) is 4.98 Å². The van der Waals surface area contributed by atoms with Crippen molar-refractivity contribution < 1.29 is 8.42 Å². The van der Waals surface area contributed by atoms with E-state index in [-0.39, 0.29) is 0 Å². The van der Waals surface area contributed by atoms with Gasteiger partial charge in [0.05, 0.1) is 10.8 Å². The number of nitrogens with zero attached hydrogens (tertiary/aromatic N) is 1. The summed E-state index contributed by atoms with van der Waals surface area (Å²) in [4.78, 5) is 3.24. The van der Waals surface area contributed by atoms with E-state index in [4.69, 9.17) is 11.6 Å². The van der Waals surface area contributed by atoms with Gasteiger partial charge in [0.25, 0.3) is 0 Å². The molecular formula is C12H17ClN2O2S. The van der Waals surface area contributed by atoms with Gasteiger partial charge in [-0.2, -0.15) is 4.31 Å². The van der Waals surface area contributed by atoms with Crippen molar-refractivity contribution in [2.24, 2.45) is 11.8 Å². The lowest BCUT2D eigenvalue weighted by molar-refractivity contribution is 0.445. The molecule has 1 aromatic rings. The molecule has 3 rings (SSSR count). The molecule has 1 saturated carbocycles. The maximum absolute atomic E-state index is 12.5. The SMILES string of the molecule is O=S(=O)(c1c[nH]c(CCl)c1)N1CC2CCCC2C1. The smallest absolute Gasteiger partial charge is 0.244 e. The Balaban J connectivity index is 1.82. The molecule has 1 aromatic heterocycles. The molecule has 4 nitrogen and oxygen atoms in total. The van der Waals surface area contributed by atoms with Crippen LogP contribution in [0.4, 0.5) is 0 Å². The summed E-state index contributed by atoms with van der Waals surface area (Å²) in [6.07, 6.45) is 5.15. The van der Waals surface area contributed by atoms with Gasteiger partial charge in [-0.25, -0.2) is 8.42 Å². The number of hydrogen-bond acceptors (Lipinski definition) is 2. The molecule has 1 aliphatic heterocycles.